The van der Waals surface area contributed by atoms with Crippen molar-refractivity contribution in [3.05, 3.63) is 29.8 Å². The van der Waals surface area contributed by atoms with Crippen LogP contribution in [0, 0.1) is 12.3 Å². The molecule has 0 heterocycles. The molecular weight excluding hydrogens is 288 g/mol. The highest BCUT2D eigenvalue weighted by Gasteiger charge is 2.26. The number of benzene rings is 1. The number of carbonyl (C=O) groups excluding carboxylic acids is 1. The second-order valence-electron chi connectivity index (χ2n) is 6.10. The first-order chi connectivity index (χ1) is 9.32. The number of carbonyl (C=O) groups is 1. The Balaban J connectivity index is 0.00000400. The van der Waals surface area contributed by atoms with Crippen LogP contribution in [0.5, 0.6) is 5.75 Å². The maximum atomic E-state index is 11.8. The standard InChI is InChI=1S/C16H26N2O2.ClH/c1-12-8-5-6-9-13(12)20-11-7-10-18-15(19)14(17)16(2,3)4;/h5-6,8-9,14H,7,10-11,17H2,1-4H3,(H,18,19);1H/t14-;/m1./s1. The molecule has 0 aliphatic carbocycles. The molecule has 0 aromatic heterocycles. The average Bonchev–Trinajstić information content (AvgIpc) is 2.38. The van der Waals surface area contributed by atoms with Crippen molar-refractivity contribution in [1.82, 2.24) is 5.32 Å². The Kier molecular flexibility index (Phi) is 8.37. The molecule has 0 radical (unpaired) electrons. The van der Waals surface area contributed by atoms with E-state index in [2.05, 4.69) is 5.32 Å². The molecule has 21 heavy (non-hydrogen) atoms. The monoisotopic (exact) mass is 314 g/mol. The number of ether oxygens (including phenoxy) is 1. The minimum Gasteiger partial charge on any atom is -0.493 e. The topological polar surface area (TPSA) is 64.3 Å². The molecule has 120 valence electrons. The van der Waals surface area contributed by atoms with Crippen LogP contribution in [-0.2, 0) is 4.79 Å². The maximum absolute atomic E-state index is 11.8. The smallest absolute Gasteiger partial charge is 0.237 e. The van der Waals surface area contributed by atoms with Gasteiger partial charge in [-0.05, 0) is 30.4 Å². The fourth-order valence-corrected chi connectivity index (χ4v) is 1.69. The van der Waals surface area contributed by atoms with Crippen LogP contribution < -0.4 is 15.8 Å². The van der Waals surface area contributed by atoms with Gasteiger partial charge in [-0.2, -0.15) is 0 Å². The summed E-state index contributed by atoms with van der Waals surface area (Å²) >= 11 is 0. The Morgan fingerprint density at radius 2 is 1.95 bits per heavy atom. The highest BCUT2D eigenvalue weighted by atomic mass is 35.5. The van der Waals surface area contributed by atoms with E-state index in [0.717, 1.165) is 17.7 Å². The lowest BCUT2D eigenvalue weighted by Gasteiger charge is -2.25. The first kappa shape index (κ1) is 19.7. The second-order valence-corrected chi connectivity index (χ2v) is 6.10. The summed E-state index contributed by atoms with van der Waals surface area (Å²) in [5.74, 6) is 0.790. The van der Waals surface area contributed by atoms with Crippen LogP contribution in [0.3, 0.4) is 0 Å². The van der Waals surface area contributed by atoms with E-state index in [1.165, 1.54) is 0 Å². The highest BCUT2D eigenvalue weighted by Crippen LogP contribution is 2.17. The van der Waals surface area contributed by atoms with Crippen LogP contribution >= 0.6 is 12.4 Å². The minimum atomic E-state index is -0.486. The van der Waals surface area contributed by atoms with Gasteiger partial charge in [-0.15, -0.1) is 12.4 Å². The van der Waals surface area contributed by atoms with E-state index in [1.807, 2.05) is 52.0 Å². The van der Waals surface area contributed by atoms with E-state index >= 15 is 0 Å². The molecule has 1 atom stereocenters. The number of amides is 1. The fraction of sp³-hybridized carbons (Fsp3) is 0.562. The molecule has 0 unspecified atom stereocenters. The molecular formula is C16H27ClN2O2. The Hall–Kier alpha value is -1.26. The number of hydrogen-bond donors (Lipinski definition) is 2. The van der Waals surface area contributed by atoms with Crippen LogP contribution in [0.2, 0.25) is 0 Å². The van der Waals surface area contributed by atoms with Crippen molar-refractivity contribution in [2.75, 3.05) is 13.2 Å². The summed E-state index contributed by atoms with van der Waals surface area (Å²) in [4.78, 5) is 11.8. The van der Waals surface area contributed by atoms with Crippen molar-refractivity contribution in [2.24, 2.45) is 11.1 Å². The number of halogens is 1. The number of nitrogens with two attached hydrogens (primary N) is 1. The van der Waals surface area contributed by atoms with Gasteiger partial charge in [0.05, 0.1) is 12.6 Å². The van der Waals surface area contributed by atoms with Crippen LogP contribution in [0.25, 0.3) is 0 Å². The third kappa shape index (κ3) is 6.82. The first-order valence-electron chi connectivity index (χ1n) is 7.04. The van der Waals surface area contributed by atoms with Crippen LogP contribution in [0.4, 0.5) is 0 Å². The van der Waals surface area contributed by atoms with Crippen molar-refractivity contribution < 1.29 is 9.53 Å². The lowest BCUT2D eigenvalue weighted by molar-refractivity contribution is -0.124. The largest absolute Gasteiger partial charge is 0.493 e. The Morgan fingerprint density at radius 1 is 1.33 bits per heavy atom. The molecule has 1 rings (SSSR count). The predicted molar refractivity (Wildman–Crippen MR) is 89.0 cm³/mol. The summed E-state index contributed by atoms with van der Waals surface area (Å²) in [5.41, 5.74) is 6.77. The van der Waals surface area contributed by atoms with Gasteiger partial charge in [0.1, 0.15) is 5.75 Å². The van der Waals surface area contributed by atoms with Crippen molar-refractivity contribution >= 4 is 18.3 Å². The zero-order valence-corrected chi connectivity index (χ0v) is 14.1. The molecule has 3 N–H and O–H groups in total. The zero-order valence-electron chi connectivity index (χ0n) is 13.3. The molecule has 0 fully saturated rings. The minimum absolute atomic E-state index is 0. The molecule has 1 aromatic carbocycles. The molecule has 0 spiro atoms. The van der Waals surface area contributed by atoms with Crippen molar-refractivity contribution in [2.45, 2.75) is 40.2 Å². The third-order valence-electron chi connectivity index (χ3n) is 3.19. The molecule has 1 aromatic rings. The van der Waals surface area contributed by atoms with Gasteiger partial charge in [0.25, 0.3) is 0 Å². The third-order valence-corrected chi connectivity index (χ3v) is 3.19. The van der Waals surface area contributed by atoms with Crippen molar-refractivity contribution in [3.63, 3.8) is 0 Å². The van der Waals surface area contributed by atoms with Crippen LogP contribution in [0.15, 0.2) is 24.3 Å². The summed E-state index contributed by atoms with van der Waals surface area (Å²) in [6, 6.07) is 7.41. The molecule has 0 bridgehead atoms. The molecule has 4 nitrogen and oxygen atoms in total. The lowest BCUT2D eigenvalue weighted by atomic mass is 9.87. The van der Waals surface area contributed by atoms with Gasteiger partial charge in [-0.1, -0.05) is 39.0 Å². The molecule has 0 aliphatic rings. The SMILES string of the molecule is Cc1ccccc1OCCCNC(=O)[C@@H](N)C(C)(C)C.Cl. The van der Waals surface area contributed by atoms with E-state index in [0.29, 0.717) is 13.2 Å². The van der Waals surface area contributed by atoms with Gasteiger partial charge >= 0.3 is 0 Å². The van der Waals surface area contributed by atoms with E-state index in [-0.39, 0.29) is 23.7 Å². The average molecular weight is 315 g/mol. The Morgan fingerprint density at radius 3 is 2.52 bits per heavy atom. The Labute approximate surface area is 133 Å². The molecule has 0 aliphatic heterocycles. The Bertz CT molecular complexity index is 444. The predicted octanol–water partition coefficient (Wildman–Crippen LogP) is 2.68. The van der Waals surface area contributed by atoms with Gasteiger partial charge in [-0.25, -0.2) is 0 Å². The lowest BCUT2D eigenvalue weighted by Crippen LogP contribution is -2.48. The summed E-state index contributed by atoms with van der Waals surface area (Å²) in [7, 11) is 0. The molecule has 0 saturated carbocycles. The number of hydrogen-bond acceptors (Lipinski definition) is 3. The number of aryl methyl sites for hydroxylation is 1. The number of para-hydroxylation sites is 1. The van der Waals surface area contributed by atoms with E-state index < -0.39 is 6.04 Å². The zero-order chi connectivity index (χ0) is 15.2. The normalized spacial score (nSPS) is 12.2. The van der Waals surface area contributed by atoms with E-state index in [1.54, 1.807) is 0 Å². The van der Waals surface area contributed by atoms with Gasteiger partial charge in [0, 0.05) is 6.54 Å². The summed E-state index contributed by atoms with van der Waals surface area (Å²) in [6.45, 7) is 9.04. The van der Waals surface area contributed by atoms with E-state index in [4.69, 9.17) is 10.5 Å². The molecule has 0 saturated heterocycles. The number of rotatable bonds is 6. The highest BCUT2D eigenvalue weighted by molar-refractivity contribution is 5.85. The van der Waals surface area contributed by atoms with Crippen molar-refractivity contribution in [1.29, 1.82) is 0 Å². The van der Waals surface area contributed by atoms with Gasteiger partial charge in [0.15, 0.2) is 0 Å². The first-order valence-corrected chi connectivity index (χ1v) is 7.04. The number of nitrogens with one attached hydrogen (secondary N) is 1. The second kappa shape index (κ2) is 8.90. The summed E-state index contributed by atoms with van der Waals surface area (Å²) < 4.78 is 5.66. The van der Waals surface area contributed by atoms with Gasteiger partial charge in [0.2, 0.25) is 5.91 Å². The van der Waals surface area contributed by atoms with Gasteiger partial charge < -0.3 is 15.8 Å². The summed E-state index contributed by atoms with van der Waals surface area (Å²) in [5, 5.41) is 2.85. The fourth-order valence-electron chi connectivity index (χ4n) is 1.69. The quantitative estimate of drug-likeness (QED) is 0.793. The van der Waals surface area contributed by atoms with Gasteiger partial charge in [-0.3, -0.25) is 4.79 Å². The molecule has 5 heteroatoms. The molecule has 1 amide bonds. The van der Waals surface area contributed by atoms with E-state index in [9.17, 15) is 4.79 Å². The van der Waals surface area contributed by atoms with Crippen LogP contribution in [-0.4, -0.2) is 25.1 Å². The summed E-state index contributed by atoms with van der Waals surface area (Å²) in [6.07, 6.45) is 0.761. The maximum Gasteiger partial charge on any atom is 0.237 e. The van der Waals surface area contributed by atoms with Crippen molar-refractivity contribution in [3.8, 4) is 5.75 Å². The van der Waals surface area contributed by atoms with Crippen LogP contribution in [0.1, 0.15) is 32.8 Å².